The molecule has 15 heavy (non-hydrogen) atoms. The van der Waals surface area contributed by atoms with E-state index in [0.717, 1.165) is 12.8 Å². The first-order valence-corrected chi connectivity index (χ1v) is 7.40. The number of piperidine rings is 1. The minimum atomic E-state index is -3.16. The van der Waals surface area contributed by atoms with Gasteiger partial charge < -0.3 is 4.74 Å². The van der Waals surface area contributed by atoms with E-state index in [2.05, 4.69) is 0 Å². The Morgan fingerprint density at radius 1 is 1.53 bits per heavy atom. The fraction of sp³-hybridized carbons (Fsp3) is 1.00. The zero-order valence-electron chi connectivity index (χ0n) is 8.99. The summed E-state index contributed by atoms with van der Waals surface area (Å²) in [7, 11) is -3.16. The molecule has 0 spiro atoms. The fourth-order valence-electron chi connectivity index (χ4n) is 1.76. The number of sulfonamides is 1. The molecule has 0 aliphatic carbocycles. The molecule has 1 heterocycles. The van der Waals surface area contributed by atoms with E-state index in [0.29, 0.717) is 19.7 Å². The maximum atomic E-state index is 11.7. The Bertz CT molecular complexity index is 279. The van der Waals surface area contributed by atoms with Gasteiger partial charge in [-0.15, -0.1) is 11.6 Å². The molecule has 1 rings (SSSR count). The Morgan fingerprint density at radius 2 is 2.27 bits per heavy atom. The van der Waals surface area contributed by atoms with Crippen molar-refractivity contribution in [3.05, 3.63) is 0 Å². The highest BCUT2D eigenvalue weighted by Gasteiger charge is 2.28. The standard InChI is InChI=1S/C9H18ClNO3S/c1-2-14-9-4-3-6-11(8-9)15(12,13)7-5-10/h9H,2-8H2,1H3. The predicted octanol–water partition coefficient (Wildman–Crippen LogP) is 1.06. The van der Waals surface area contributed by atoms with E-state index in [4.69, 9.17) is 16.3 Å². The van der Waals surface area contributed by atoms with E-state index >= 15 is 0 Å². The van der Waals surface area contributed by atoms with E-state index in [1.54, 1.807) is 0 Å². The van der Waals surface area contributed by atoms with Crippen LogP contribution in [0.25, 0.3) is 0 Å². The normalized spacial score (nSPS) is 24.3. The molecule has 0 saturated carbocycles. The Balaban J connectivity index is 2.55. The summed E-state index contributed by atoms with van der Waals surface area (Å²) in [6.45, 7) is 3.64. The van der Waals surface area contributed by atoms with Gasteiger partial charge in [-0.3, -0.25) is 0 Å². The summed E-state index contributed by atoms with van der Waals surface area (Å²) in [5.74, 6) is 0.172. The molecule has 0 bridgehead atoms. The lowest BCUT2D eigenvalue weighted by atomic mass is 10.1. The van der Waals surface area contributed by atoms with E-state index in [1.807, 2.05) is 6.92 Å². The van der Waals surface area contributed by atoms with Crippen molar-refractivity contribution < 1.29 is 13.2 Å². The Labute approximate surface area is 96.6 Å². The zero-order chi connectivity index (χ0) is 11.3. The first-order chi connectivity index (χ1) is 7.10. The monoisotopic (exact) mass is 255 g/mol. The second-order valence-corrected chi connectivity index (χ2v) is 6.05. The van der Waals surface area contributed by atoms with Crippen LogP contribution in [0, 0.1) is 0 Å². The molecule has 1 fully saturated rings. The van der Waals surface area contributed by atoms with Gasteiger partial charge >= 0.3 is 0 Å². The molecular weight excluding hydrogens is 238 g/mol. The highest BCUT2D eigenvalue weighted by molar-refractivity contribution is 7.89. The molecule has 0 amide bonds. The average molecular weight is 256 g/mol. The molecule has 1 atom stereocenters. The van der Waals surface area contributed by atoms with Crippen LogP contribution in [0.3, 0.4) is 0 Å². The van der Waals surface area contributed by atoms with Gasteiger partial charge in [0.05, 0.1) is 11.9 Å². The van der Waals surface area contributed by atoms with Gasteiger partial charge in [0.2, 0.25) is 10.0 Å². The van der Waals surface area contributed by atoms with Crippen molar-refractivity contribution >= 4 is 21.6 Å². The molecule has 0 aromatic heterocycles. The lowest BCUT2D eigenvalue weighted by Crippen LogP contribution is -2.44. The highest BCUT2D eigenvalue weighted by atomic mass is 35.5. The third-order valence-corrected chi connectivity index (χ3v) is 4.72. The van der Waals surface area contributed by atoms with Crippen LogP contribution in [-0.2, 0) is 14.8 Å². The second-order valence-electron chi connectivity index (χ2n) is 3.58. The summed E-state index contributed by atoms with van der Waals surface area (Å²) in [6.07, 6.45) is 1.86. The van der Waals surface area contributed by atoms with E-state index in [9.17, 15) is 8.42 Å². The summed E-state index contributed by atoms with van der Waals surface area (Å²) in [5, 5.41) is 0. The molecule has 1 aliphatic rings. The van der Waals surface area contributed by atoms with Crippen LogP contribution >= 0.6 is 11.6 Å². The molecular formula is C9H18ClNO3S. The van der Waals surface area contributed by atoms with Gasteiger partial charge in [-0.05, 0) is 19.8 Å². The summed E-state index contributed by atoms with van der Waals surface area (Å²) < 4.78 is 30.4. The van der Waals surface area contributed by atoms with Crippen molar-refractivity contribution in [3.8, 4) is 0 Å². The molecule has 0 radical (unpaired) electrons. The van der Waals surface area contributed by atoms with Crippen LogP contribution in [0.1, 0.15) is 19.8 Å². The largest absolute Gasteiger partial charge is 0.377 e. The number of halogens is 1. The van der Waals surface area contributed by atoms with Gasteiger partial charge in [0.25, 0.3) is 0 Å². The van der Waals surface area contributed by atoms with Crippen molar-refractivity contribution in [2.24, 2.45) is 0 Å². The molecule has 0 N–H and O–H groups in total. The number of alkyl halides is 1. The van der Waals surface area contributed by atoms with Crippen LogP contribution in [0.5, 0.6) is 0 Å². The summed E-state index contributed by atoms with van der Waals surface area (Å²) >= 11 is 5.47. The fourth-order valence-corrected chi connectivity index (χ4v) is 3.59. The third kappa shape index (κ3) is 3.90. The molecule has 90 valence electrons. The number of hydrogen-bond acceptors (Lipinski definition) is 3. The number of nitrogens with zero attached hydrogens (tertiary/aromatic N) is 1. The highest BCUT2D eigenvalue weighted by Crippen LogP contribution is 2.16. The summed E-state index contributed by atoms with van der Waals surface area (Å²) in [6, 6.07) is 0. The van der Waals surface area contributed by atoms with Crippen LogP contribution < -0.4 is 0 Å². The van der Waals surface area contributed by atoms with Crippen LogP contribution in [0.4, 0.5) is 0 Å². The van der Waals surface area contributed by atoms with Gasteiger partial charge in [-0.25, -0.2) is 8.42 Å². The Kier molecular flexibility index (Phi) is 5.32. The summed E-state index contributed by atoms with van der Waals surface area (Å²) in [4.78, 5) is 0. The summed E-state index contributed by atoms with van der Waals surface area (Å²) in [5.41, 5.74) is 0. The zero-order valence-corrected chi connectivity index (χ0v) is 10.6. The molecule has 1 aliphatic heterocycles. The van der Waals surface area contributed by atoms with Gasteiger partial charge in [0.1, 0.15) is 0 Å². The van der Waals surface area contributed by atoms with Gasteiger partial charge in [-0.1, -0.05) is 0 Å². The van der Waals surface area contributed by atoms with Crippen LogP contribution in [-0.4, -0.2) is 50.2 Å². The molecule has 6 heteroatoms. The Morgan fingerprint density at radius 3 is 2.87 bits per heavy atom. The van der Waals surface area contributed by atoms with E-state index < -0.39 is 10.0 Å². The van der Waals surface area contributed by atoms with Gasteiger partial charge in [-0.2, -0.15) is 4.31 Å². The Hall–Kier alpha value is 0.160. The molecule has 0 aromatic carbocycles. The van der Waals surface area contributed by atoms with E-state index in [1.165, 1.54) is 4.31 Å². The van der Waals surface area contributed by atoms with Crippen LogP contribution in [0.15, 0.2) is 0 Å². The minimum Gasteiger partial charge on any atom is -0.377 e. The molecule has 1 unspecified atom stereocenters. The van der Waals surface area contributed by atoms with Crippen molar-refractivity contribution in [3.63, 3.8) is 0 Å². The number of hydrogen-bond donors (Lipinski definition) is 0. The van der Waals surface area contributed by atoms with Crippen LogP contribution in [0.2, 0.25) is 0 Å². The van der Waals surface area contributed by atoms with Crippen molar-refractivity contribution in [2.75, 3.05) is 31.3 Å². The molecule has 4 nitrogen and oxygen atoms in total. The SMILES string of the molecule is CCOC1CCCN(S(=O)(=O)CCCl)C1. The van der Waals surface area contributed by atoms with Gasteiger partial charge in [0.15, 0.2) is 0 Å². The second kappa shape index (κ2) is 6.03. The number of ether oxygens (including phenoxy) is 1. The maximum Gasteiger partial charge on any atom is 0.215 e. The number of rotatable bonds is 5. The van der Waals surface area contributed by atoms with Crippen molar-refractivity contribution in [2.45, 2.75) is 25.9 Å². The maximum absolute atomic E-state index is 11.7. The molecule has 0 aromatic rings. The van der Waals surface area contributed by atoms with E-state index in [-0.39, 0.29) is 17.7 Å². The van der Waals surface area contributed by atoms with Gasteiger partial charge in [0, 0.05) is 25.6 Å². The lowest BCUT2D eigenvalue weighted by Gasteiger charge is -2.31. The lowest BCUT2D eigenvalue weighted by molar-refractivity contribution is 0.0265. The van der Waals surface area contributed by atoms with Crippen molar-refractivity contribution in [1.82, 2.24) is 4.31 Å². The van der Waals surface area contributed by atoms with Crippen molar-refractivity contribution in [1.29, 1.82) is 0 Å². The predicted molar refractivity (Wildman–Crippen MR) is 60.7 cm³/mol. The average Bonchev–Trinajstić information content (AvgIpc) is 2.19. The quantitative estimate of drug-likeness (QED) is 0.690. The topological polar surface area (TPSA) is 46.6 Å². The first-order valence-electron chi connectivity index (χ1n) is 5.25. The minimum absolute atomic E-state index is 0.0212. The molecule has 1 saturated heterocycles. The smallest absolute Gasteiger partial charge is 0.215 e. The third-order valence-electron chi connectivity index (χ3n) is 2.47. The first kappa shape index (κ1) is 13.2.